The fraction of sp³-hybridized carbons (Fsp3) is 0.391. The molecule has 2 aromatic rings. The molecule has 2 amide bonds. The Labute approximate surface area is 180 Å². The van der Waals surface area contributed by atoms with E-state index in [0.29, 0.717) is 56.0 Å². The van der Waals surface area contributed by atoms with Crippen LogP contribution in [0, 0.1) is 0 Å². The van der Waals surface area contributed by atoms with Gasteiger partial charge in [0.25, 0.3) is 5.91 Å². The van der Waals surface area contributed by atoms with E-state index in [1.165, 1.54) is 0 Å². The topological polar surface area (TPSA) is 97.8 Å². The molecule has 0 saturated carbocycles. The number of piperidine rings is 1. The van der Waals surface area contributed by atoms with E-state index in [1.807, 2.05) is 12.1 Å². The van der Waals surface area contributed by atoms with E-state index in [4.69, 9.17) is 9.47 Å². The summed E-state index contributed by atoms with van der Waals surface area (Å²) in [7, 11) is 0. The van der Waals surface area contributed by atoms with Gasteiger partial charge < -0.3 is 19.7 Å². The zero-order valence-electron chi connectivity index (χ0n) is 17.4. The molecular formula is C23H25N3O5. The Morgan fingerprint density at radius 1 is 1.26 bits per heavy atom. The largest absolute Gasteiger partial charge is 0.486 e. The minimum absolute atomic E-state index is 0.0262. The third-order valence-electron chi connectivity index (χ3n) is 5.77. The number of pyridine rings is 1. The van der Waals surface area contributed by atoms with Gasteiger partial charge in [0.2, 0.25) is 5.91 Å². The Bertz CT molecular complexity index is 984. The molecule has 2 aliphatic rings. The maximum Gasteiger partial charge on any atom is 0.258 e. The van der Waals surface area contributed by atoms with E-state index in [2.05, 4.69) is 10.3 Å². The number of fused-ring (bicyclic) bond motifs is 1. The molecule has 3 heterocycles. The second kappa shape index (κ2) is 8.75. The van der Waals surface area contributed by atoms with E-state index >= 15 is 0 Å². The normalized spacial score (nSPS) is 16.9. The Morgan fingerprint density at radius 3 is 2.77 bits per heavy atom. The van der Waals surface area contributed by atoms with Crippen molar-refractivity contribution in [1.82, 2.24) is 15.2 Å². The summed E-state index contributed by atoms with van der Waals surface area (Å²) in [5.74, 6) is 0.738. The van der Waals surface area contributed by atoms with E-state index in [9.17, 15) is 14.4 Å². The highest BCUT2D eigenvalue weighted by atomic mass is 16.5. The van der Waals surface area contributed by atoms with Gasteiger partial charge in [0.05, 0.1) is 12.0 Å². The van der Waals surface area contributed by atoms with Crippen LogP contribution in [0.4, 0.5) is 0 Å². The summed E-state index contributed by atoms with van der Waals surface area (Å²) in [5, 5.41) is 2.78. The molecule has 1 spiro atoms. The number of carbonyl (C=O) groups is 3. The van der Waals surface area contributed by atoms with Gasteiger partial charge in [0, 0.05) is 57.9 Å². The summed E-state index contributed by atoms with van der Waals surface area (Å²) in [6, 6.07) is 8.70. The van der Waals surface area contributed by atoms with Gasteiger partial charge >= 0.3 is 0 Å². The molecule has 162 valence electrons. The molecule has 4 rings (SSSR count). The van der Waals surface area contributed by atoms with Crippen LogP contribution in [0.3, 0.4) is 0 Å². The lowest BCUT2D eigenvalue weighted by molar-refractivity contribution is -0.132. The fourth-order valence-corrected chi connectivity index (χ4v) is 3.98. The molecule has 0 atom stereocenters. The predicted octanol–water partition coefficient (Wildman–Crippen LogP) is 2.12. The first-order chi connectivity index (χ1) is 14.9. The van der Waals surface area contributed by atoms with E-state index in [-0.39, 0.29) is 24.2 Å². The lowest BCUT2D eigenvalue weighted by Gasteiger charge is -2.43. The minimum atomic E-state index is -0.588. The molecule has 1 N–H and O–H groups in total. The number of Topliss-reactive ketones (excluding diaryl/α,β-unsaturated/α-hetero) is 1. The van der Waals surface area contributed by atoms with Crippen LogP contribution in [0.15, 0.2) is 42.7 Å². The number of likely N-dealkylation sites (tertiary alicyclic amines) is 1. The van der Waals surface area contributed by atoms with E-state index < -0.39 is 5.60 Å². The maximum atomic E-state index is 12.7. The van der Waals surface area contributed by atoms with E-state index in [0.717, 1.165) is 5.56 Å². The summed E-state index contributed by atoms with van der Waals surface area (Å²) in [5.41, 5.74) is 0.834. The lowest BCUT2D eigenvalue weighted by Crippen LogP contribution is -2.51. The fourth-order valence-electron chi connectivity index (χ4n) is 3.98. The van der Waals surface area contributed by atoms with Gasteiger partial charge in [-0.1, -0.05) is 6.07 Å². The number of aromatic nitrogens is 1. The highest BCUT2D eigenvalue weighted by molar-refractivity contribution is 6.00. The number of benzene rings is 1. The molecule has 2 aliphatic heterocycles. The zero-order valence-corrected chi connectivity index (χ0v) is 17.4. The smallest absolute Gasteiger partial charge is 0.258 e. The number of nitrogens with one attached hydrogen (secondary N) is 1. The lowest BCUT2D eigenvalue weighted by atomic mass is 9.82. The van der Waals surface area contributed by atoms with Gasteiger partial charge in [-0.2, -0.15) is 0 Å². The molecule has 0 radical (unpaired) electrons. The Balaban J connectivity index is 1.36. The molecule has 1 aromatic heterocycles. The maximum absolute atomic E-state index is 12.7. The highest BCUT2D eigenvalue weighted by Gasteiger charge is 2.43. The average molecular weight is 423 g/mol. The Hall–Kier alpha value is -3.42. The molecule has 8 heteroatoms. The van der Waals surface area contributed by atoms with Gasteiger partial charge in [-0.25, -0.2) is 0 Å². The van der Waals surface area contributed by atoms with Crippen LogP contribution >= 0.6 is 0 Å². The third kappa shape index (κ3) is 4.84. The van der Waals surface area contributed by atoms with Crippen molar-refractivity contribution in [1.29, 1.82) is 0 Å². The average Bonchev–Trinajstić information content (AvgIpc) is 2.77. The standard InChI is InChI=1S/C23H25N3O5/c1-16(27)26-9-6-23(7-10-26)12-20(28)19-5-4-18(11-21(19)31-23)30-15-22(29)25-14-17-3-2-8-24-13-17/h2-5,8,11,13H,6-7,9-10,12,14-15H2,1H3,(H,25,29). The van der Waals surface area contributed by atoms with Gasteiger partial charge in [-0.05, 0) is 23.8 Å². The van der Waals surface area contributed by atoms with Gasteiger partial charge in [-0.15, -0.1) is 0 Å². The van der Waals surface area contributed by atoms with Gasteiger partial charge in [0.15, 0.2) is 12.4 Å². The Kier molecular flexibility index (Phi) is 5.88. The molecular weight excluding hydrogens is 398 g/mol. The second-order valence-corrected chi connectivity index (χ2v) is 7.98. The number of amides is 2. The summed E-state index contributed by atoms with van der Waals surface area (Å²) < 4.78 is 11.9. The van der Waals surface area contributed by atoms with Crippen molar-refractivity contribution in [2.24, 2.45) is 0 Å². The molecule has 31 heavy (non-hydrogen) atoms. The van der Waals surface area contributed by atoms with Crippen LogP contribution in [0.2, 0.25) is 0 Å². The molecule has 0 bridgehead atoms. The summed E-state index contributed by atoms with van der Waals surface area (Å²) >= 11 is 0. The summed E-state index contributed by atoms with van der Waals surface area (Å²) in [6.45, 7) is 2.93. The minimum Gasteiger partial charge on any atom is -0.486 e. The van der Waals surface area contributed by atoms with Crippen molar-refractivity contribution in [2.75, 3.05) is 19.7 Å². The molecule has 0 unspecified atom stereocenters. The van der Waals surface area contributed by atoms with E-state index in [1.54, 1.807) is 42.4 Å². The number of rotatable bonds is 5. The van der Waals surface area contributed by atoms with Crippen molar-refractivity contribution >= 4 is 17.6 Å². The van der Waals surface area contributed by atoms with Crippen LogP contribution in [-0.4, -0.2) is 52.8 Å². The second-order valence-electron chi connectivity index (χ2n) is 7.98. The first-order valence-corrected chi connectivity index (χ1v) is 10.3. The van der Waals surface area contributed by atoms with Crippen molar-refractivity contribution in [3.63, 3.8) is 0 Å². The van der Waals surface area contributed by atoms with Crippen molar-refractivity contribution in [2.45, 2.75) is 38.3 Å². The zero-order chi connectivity index (χ0) is 21.8. The van der Waals surface area contributed by atoms with Crippen LogP contribution in [-0.2, 0) is 16.1 Å². The third-order valence-corrected chi connectivity index (χ3v) is 5.77. The predicted molar refractivity (Wildman–Crippen MR) is 112 cm³/mol. The van der Waals surface area contributed by atoms with Crippen molar-refractivity contribution in [3.8, 4) is 11.5 Å². The summed E-state index contributed by atoms with van der Waals surface area (Å²) in [4.78, 5) is 42.2. The number of ketones is 1. The SMILES string of the molecule is CC(=O)N1CCC2(CC1)CC(=O)c1ccc(OCC(=O)NCc3cccnc3)cc1O2. The Morgan fingerprint density at radius 2 is 2.06 bits per heavy atom. The molecule has 8 nitrogen and oxygen atoms in total. The van der Waals surface area contributed by atoms with Crippen LogP contribution in [0.25, 0.3) is 0 Å². The molecule has 1 saturated heterocycles. The highest BCUT2D eigenvalue weighted by Crippen LogP contribution is 2.40. The summed E-state index contributed by atoms with van der Waals surface area (Å²) in [6.07, 6.45) is 4.89. The monoisotopic (exact) mass is 423 g/mol. The van der Waals surface area contributed by atoms with Crippen molar-refractivity contribution < 1.29 is 23.9 Å². The number of hydrogen-bond acceptors (Lipinski definition) is 6. The number of hydrogen-bond donors (Lipinski definition) is 1. The van der Waals surface area contributed by atoms with Gasteiger partial charge in [0.1, 0.15) is 17.1 Å². The van der Waals surface area contributed by atoms with Crippen LogP contribution < -0.4 is 14.8 Å². The van der Waals surface area contributed by atoms with Crippen molar-refractivity contribution in [3.05, 3.63) is 53.9 Å². The van der Waals surface area contributed by atoms with Gasteiger partial charge in [-0.3, -0.25) is 19.4 Å². The number of ether oxygens (including phenoxy) is 2. The number of carbonyl (C=O) groups excluding carboxylic acids is 3. The van der Waals surface area contributed by atoms with Crippen LogP contribution in [0.5, 0.6) is 11.5 Å². The molecule has 0 aliphatic carbocycles. The quantitative estimate of drug-likeness (QED) is 0.791. The molecule has 1 fully saturated rings. The van der Waals surface area contributed by atoms with Crippen LogP contribution in [0.1, 0.15) is 42.1 Å². The first kappa shape index (κ1) is 20.8. The number of nitrogens with zero attached hydrogens (tertiary/aromatic N) is 2. The molecule has 1 aromatic carbocycles. The first-order valence-electron chi connectivity index (χ1n) is 10.3.